The molecule has 0 aliphatic rings. The van der Waals surface area contributed by atoms with E-state index in [2.05, 4.69) is 0 Å². The molecule has 0 saturated heterocycles. The van der Waals surface area contributed by atoms with Gasteiger partial charge in [0.2, 0.25) is 10.0 Å². The Morgan fingerprint density at radius 3 is 2.35 bits per heavy atom. The summed E-state index contributed by atoms with van der Waals surface area (Å²) < 4.78 is 26.3. The monoisotopic (exact) mass is 255 g/mol. The molecule has 0 spiro atoms. The second kappa shape index (κ2) is 5.65. The highest BCUT2D eigenvalue weighted by atomic mass is 32.2. The predicted octanol–water partition coefficient (Wildman–Crippen LogP) is 2.67. The topological polar surface area (TPSA) is 37.4 Å². The van der Waals surface area contributed by atoms with Crippen molar-refractivity contribution in [2.75, 3.05) is 7.05 Å². The van der Waals surface area contributed by atoms with Crippen LogP contribution in [0.1, 0.15) is 32.8 Å². The van der Waals surface area contributed by atoms with Crippen LogP contribution < -0.4 is 0 Å². The average molecular weight is 255 g/mol. The number of hydrogen-bond donors (Lipinski definition) is 0. The van der Waals surface area contributed by atoms with E-state index in [9.17, 15) is 8.42 Å². The number of nitrogens with zero attached hydrogens (tertiary/aromatic N) is 1. The maximum atomic E-state index is 12.4. The quantitative estimate of drug-likeness (QED) is 0.811. The Bertz CT molecular complexity index is 468. The van der Waals surface area contributed by atoms with E-state index in [4.69, 9.17) is 0 Å². The molecule has 0 fully saturated rings. The first-order valence-electron chi connectivity index (χ1n) is 6.01. The molecule has 0 aliphatic carbocycles. The minimum absolute atomic E-state index is 0.0184. The average Bonchev–Trinajstić information content (AvgIpc) is 2.36. The molecule has 0 aliphatic heterocycles. The summed E-state index contributed by atoms with van der Waals surface area (Å²) in [5.41, 5.74) is 0.877. The summed E-state index contributed by atoms with van der Waals surface area (Å²) in [5.74, 6) is 0. The second-order valence-corrected chi connectivity index (χ2v) is 6.21. The largest absolute Gasteiger partial charge is 0.243 e. The number of sulfonamides is 1. The third-order valence-corrected chi connectivity index (χ3v) is 5.29. The van der Waals surface area contributed by atoms with Crippen molar-refractivity contribution in [3.05, 3.63) is 29.8 Å². The number of hydrogen-bond acceptors (Lipinski definition) is 2. The van der Waals surface area contributed by atoms with E-state index < -0.39 is 10.0 Å². The molecular weight excluding hydrogens is 234 g/mol. The Morgan fingerprint density at radius 1 is 1.24 bits per heavy atom. The van der Waals surface area contributed by atoms with Gasteiger partial charge in [-0.25, -0.2) is 8.42 Å². The number of aryl methyl sites for hydroxylation is 1. The molecule has 0 amide bonds. The molecule has 0 saturated carbocycles. The van der Waals surface area contributed by atoms with Crippen LogP contribution in [0.4, 0.5) is 0 Å². The van der Waals surface area contributed by atoms with Gasteiger partial charge in [0.1, 0.15) is 0 Å². The summed E-state index contributed by atoms with van der Waals surface area (Å²) in [6.07, 6.45) is 1.54. The zero-order valence-electron chi connectivity index (χ0n) is 11.0. The van der Waals surface area contributed by atoms with Crippen LogP contribution in [-0.4, -0.2) is 25.8 Å². The van der Waals surface area contributed by atoms with Crippen molar-refractivity contribution in [3.63, 3.8) is 0 Å². The molecule has 1 aromatic rings. The molecular formula is C13H21NO2S. The number of benzene rings is 1. The summed E-state index contributed by atoms with van der Waals surface area (Å²) in [5, 5.41) is 0. The Hall–Kier alpha value is -0.870. The van der Waals surface area contributed by atoms with Crippen LogP contribution in [0.25, 0.3) is 0 Å². The minimum Gasteiger partial charge on any atom is -0.207 e. The van der Waals surface area contributed by atoms with E-state index in [0.29, 0.717) is 4.90 Å². The molecule has 4 heteroatoms. The zero-order chi connectivity index (χ0) is 13.1. The van der Waals surface area contributed by atoms with E-state index in [0.717, 1.165) is 18.4 Å². The van der Waals surface area contributed by atoms with Crippen molar-refractivity contribution in [1.29, 1.82) is 0 Å². The van der Waals surface area contributed by atoms with Gasteiger partial charge < -0.3 is 0 Å². The normalized spacial score (nSPS) is 13.9. The highest BCUT2D eigenvalue weighted by molar-refractivity contribution is 7.89. The molecule has 1 atom stereocenters. The highest BCUT2D eigenvalue weighted by Crippen LogP contribution is 2.21. The van der Waals surface area contributed by atoms with Crippen molar-refractivity contribution in [2.45, 2.75) is 44.6 Å². The van der Waals surface area contributed by atoms with Crippen LogP contribution in [0.15, 0.2) is 29.2 Å². The first-order valence-corrected chi connectivity index (χ1v) is 7.45. The molecule has 0 bridgehead atoms. The predicted molar refractivity (Wildman–Crippen MR) is 70.5 cm³/mol. The van der Waals surface area contributed by atoms with Crippen molar-refractivity contribution >= 4 is 10.0 Å². The van der Waals surface area contributed by atoms with E-state index in [-0.39, 0.29) is 6.04 Å². The zero-order valence-corrected chi connectivity index (χ0v) is 11.8. The fourth-order valence-corrected chi connectivity index (χ4v) is 3.42. The van der Waals surface area contributed by atoms with Gasteiger partial charge in [-0.15, -0.1) is 0 Å². The SMILES string of the molecule is CCc1ccccc1S(=O)(=O)N(C)C(C)CC. The van der Waals surface area contributed by atoms with E-state index in [1.54, 1.807) is 19.2 Å². The molecule has 96 valence electrons. The molecule has 0 radical (unpaired) electrons. The Morgan fingerprint density at radius 2 is 1.82 bits per heavy atom. The summed E-state index contributed by atoms with van der Waals surface area (Å²) >= 11 is 0. The van der Waals surface area contributed by atoms with Gasteiger partial charge in [-0.05, 0) is 31.4 Å². The third kappa shape index (κ3) is 2.87. The third-order valence-electron chi connectivity index (χ3n) is 3.22. The van der Waals surface area contributed by atoms with Gasteiger partial charge >= 0.3 is 0 Å². The Kier molecular flexibility index (Phi) is 4.71. The standard InChI is InChI=1S/C13H21NO2S/c1-5-11(3)14(4)17(15,16)13-10-8-7-9-12(13)6-2/h7-11H,5-6H2,1-4H3. The van der Waals surface area contributed by atoms with Crippen LogP contribution in [-0.2, 0) is 16.4 Å². The smallest absolute Gasteiger partial charge is 0.207 e. The molecule has 1 aromatic carbocycles. The molecule has 3 nitrogen and oxygen atoms in total. The van der Waals surface area contributed by atoms with E-state index in [1.807, 2.05) is 32.9 Å². The molecule has 0 heterocycles. The van der Waals surface area contributed by atoms with Gasteiger partial charge in [0.25, 0.3) is 0 Å². The maximum Gasteiger partial charge on any atom is 0.243 e. The molecule has 1 rings (SSSR count). The highest BCUT2D eigenvalue weighted by Gasteiger charge is 2.25. The van der Waals surface area contributed by atoms with Gasteiger partial charge in [0.15, 0.2) is 0 Å². The lowest BCUT2D eigenvalue weighted by molar-refractivity contribution is 0.380. The Balaban J connectivity index is 3.22. The van der Waals surface area contributed by atoms with Crippen molar-refractivity contribution in [3.8, 4) is 0 Å². The lowest BCUT2D eigenvalue weighted by Crippen LogP contribution is -2.35. The van der Waals surface area contributed by atoms with Gasteiger partial charge in [-0.1, -0.05) is 32.0 Å². The number of rotatable bonds is 5. The van der Waals surface area contributed by atoms with E-state index in [1.165, 1.54) is 4.31 Å². The first-order chi connectivity index (χ1) is 7.95. The van der Waals surface area contributed by atoms with Gasteiger partial charge in [0.05, 0.1) is 4.90 Å². The van der Waals surface area contributed by atoms with Crippen LogP contribution in [0.5, 0.6) is 0 Å². The molecule has 1 unspecified atom stereocenters. The van der Waals surface area contributed by atoms with Crippen molar-refractivity contribution in [2.24, 2.45) is 0 Å². The van der Waals surface area contributed by atoms with Gasteiger partial charge in [0, 0.05) is 13.1 Å². The van der Waals surface area contributed by atoms with Gasteiger partial charge in [-0.3, -0.25) is 0 Å². The molecule has 0 aromatic heterocycles. The van der Waals surface area contributed by atoms with Crippen LogP contribution >= 0.6 is 0 Å². The van der Waals surface area contributed by atoms with E-state index >= 15 is 0 Å². The Labute approximate surface area is 105 Å². The van der Waals surface area contributed by atoms with Crippen molar-refractivity contribution in [1.82, 2.24) is 4.31 Å². The fourth-order valence-electron chi connectivity index (χ4n) is 1.70. The molecule has 17 heavy (non-hydrogen) atoms. The van der Waals surface area contributed by atoms with Gasteiger partial charge in [-0.2, -0.15) is 4.31 Å². The summed E-state index contributed by atoms with van der Waals surface area (Å²) in [6, 6.07) is 7.23. The minimum atomic E-state index is -3.36. The summed E-state index contributed by atoms with van der Waals surface area (Å²) in [6.45, 7) is 5.88. The lowest BCUT2D eigenvalue weighted by Gasteiger charge is -2.24. The maximum absolute atomic E-state index is 12.4. The summed E-state index contributed by atoms with van der Waals surface area (Å²) in [7, 11) is -1.71. The second-order valence-electron chi connectivity index (χ2n) is 4.24. The molecule has 0 N–H and O–H groups in total. The van der Waals surface area contributed by atoms with Crippen molar-refractivity contribution < 1.29 is 8.42 Å². The van der Waals surface area contributed by atoms with Crippen LogP contribution in [0.2, 0.25) is 0 Å². The van der Waals surface area contributed by atoms with Crippen LogP contribution in [0, 0.1) is 0 Å². The fraction of sp³-hybridized carbons (Fsp3) is 0.538. The van der Waals surface area contributed by atoms with Crippen LogP contribution in [0.3, 0.4) is 0 Å². The lowest BCUT2D eigenvalue weighted by atomic mass is 10.2. The summed E-state index contributed by atoms with van der Waals surface area (Å²) in [4.78, 5) is 0.435. The first kappa shape index (κ1) is 14.2.